The molecule has 1 aliphatic rings. The average Bonchev–Trinajstić information content (AvgIpc) is 2.77. The standard InChI is InChI=1S/C15H15ClFN3O/c1-3-20-8(2)14-10(7-13(21)18-15(14)19-20)9-4-5-12(17)11(16)6-9/h4-6,10H,3,7H2,1-2H3,(H,18,19,21). The number of carbonyl (C=O) groups excluding carboxylic acids is 1. The van der Waals surface area contributed by atoms with Crippen molar-refractivity contribution in [1.82, 2.24) is 9.78 Å². The summed E-state index contributed by atoms with van der Waals surface area (Å²) in [5.41, 5.74) is 2.83. The second-order valence-corrected chi connectivity index (χ2v) is 5.55. The van der Waals surface area contributed by atoms with Crippen LogP contribution in [0.25, 0.3) is 0 Å². The molecule has 1 N–H and O–H groups in total. The van der Waals surface area contributed by atoms with Crippen LogP contribution in [0.1, 0.15) is 36.1 Å². The van der Waals surface area contributed by atoms with E-state index in [1.54, 1.807) is 12.1 Å². The number of nitrogens with zero attached hydrogens (tertiary/aromatic N) is 2. The van der Waals surface area contributed by atoms with E-state index < -0.39 is 5.82 Å². The number of hydrogen-bond acceptors (Lipinski definition) is 2. The minimum absolute atomic E-state index is 0.0700. The summed E-state index contributed by atoms with van der Waals surface area (Å²) in [6.45, 7) is 4.70. The van der Waals surface area contributed by atoms with Crippen molar-refractivity contribution in [3.63, 3.8) is 0 Å². The molecule has 4 nitrogen and oxygen atoms in total. The maximum Gasteiger partial charge on any atom is 0.226 e. The molecule has 0 saturated heterocycles. The van der Waals surface area contributed by atoms with Crippen LogP contribution in [0.15, 0.2) is 18.2 Å². The normalized spacial score (nSPS) is 17.5. The summed E-state index contributed by atoms with van der Waals surface area (Å²) >= 11 is 5.87. The lowest BCUT2D eigenvalue weighted by atomic mass is 9.86. The van der Waals surface area contributed by atoms with Crippen LogP contribution in [0.3, 0.4) is 0 Å². The van der Waals surface area contributed by atoms with E-state index in [1.807, 2.05) is 18.5 Å². The van der Waals surface area contributed by atoms with Crippen molar-refractivity contribution >= 4 is 23.3 Å². The van der Waals surface area contributed by atoms with Crippen molar-refractivity contribution < 1.29 is 9.18 Å². The van der Waals surface area contributed by atoms with E-state index in [0.717, 1.165) is 23.4 Å². The Balaban J connectivity index is 2.14. The highest BCUT2D eigenvalue weighted by molar-refractivity contribution is 6.30. The van der Waals surface area contributed by atoms with E-state index in [4.69, 9.17) is 11.6 Å². The van der Waals surface area contributed by atoms with Gasteiger partial charge < -0.3 is 5.32 Å². The smallest absolute Gasteiger partial charge is 0.226 e. The number of rotatable bonds is 2. The number of benzene rings is 1. The Morgan fingerprint density at radius 2 is 2.29 bits per heavy atom. The average molecular weight is 308 g/mol. The molecule has 110 valence electrons. The van der Waals surface area contributed by atoms with Crippen LogP contribution >= 0.6 is 11.6 Å². The Morgan fingerprint density at radius 3 is 2.95 bits per heavy atom. The van der Waals surface area contributed by atoms with Crippen molar-refractivity contribution in [2.45, 2.75) is 32.7 Å². The molecule has 6 heteroatoms. The number of amides is 1. The molecule has 1 aliphatic heterocycles. The van der Waals surface area contributed by atoms with Gasteiger partial charge in [0.1, 0.15) is 5.82 Å². The summed E-state index contributed by atoms with van der Waals surface area (Å²) in [7, 11) is 0. The Hall–Kier alpha value is -1.88. The van der Waals surface area contributed by atoms with Gasteiger partial charge in [-0.3, -0.25) is 9.48 Å². The van der Waals surface area contributed by atoms with Gasteiger partial charge in [-0.2, -0.15) is 5.10 Å². The molecule has 3 rings (SSSR count). The largest absolute Gasteiger partial charge is 0.309 e. The maximum absolute atomic E-state index is 13.3. The minimum Gasteiger partial charge on any atom is -0.309 e. The highest BCUT2D eigenvalue weighted by atomic mass is 35.5. The number of anilines is 1. The van der Waals surface area contributed by atoms with Gasteiger partial charge in [0.15, 0.2) is 5.82 Å². The molecule has 1 unspecified atom stereocenters. The van der Waals surface area contributed by atoms with E-state index in [9.17, 15) is 9.18 Å². The lowest BCUT2D eigenvalue weighted by Crippen LogP contribution is -2.23. The molecule has 2 aromatic rings. The topological polar surface area (TPSA) is 46.9 Å². The van der Waals surface area contributed by atoms with E-state index >= 15 is 0 Å². The summed E-state index contributed by atoms with van der Waals surface area (Å²) in [5.74, 6) is -0.0984. The van der Waals surface area contributed by atoms with Crippen molar-refractivity contribution in [3.05, 3.63) is 45.9 Å². The molecule has 0 fully saturated rings. The second-order valence-electron chi connectivity index (χ2n) is 5.14. The van der Waals surface area contributed by atoms with Crippen LogP contribution in [-0.4, -0.2) is 15.7 Å². The van der Waals surface area contributed by atoms with Crippen LogP contribution in [0.4, 0.5) is 10.2 Å². The van der Waals surface area contributed by atoms with Crippen LogP contribution in [0.5, 0.6) is 0 Å². The number of aromatic nitrogens is 2. The van der Waals surface area contributed by atoms with E-state index in [1.165, 1.54) is 6.07 Å². The van der Waals surface area contributed by atoms with Gasteiger partial charge in [-0.05, 0) is 31.5 Å². The summed E-state index contributed by atoms with van der Waals surface area (Å²) in [5, 5.41) is 7.29. The zero-order valence-corrected chi connectivity index (χ0v) is 12.5. The lowest BCUT2D eigenvalue weighted by molar-refractivity contribution is -0.116. The fraction of sp³-hybridized carbons (Fsp3) is 0.333. The first-order valence-corrected chi connectivity index (χ1v) is 7.21. The second kappa shape index (κ2) is 5.15. The minimum atomic E-state index is -0.457. The molecule has 2 heterocycles. The number of carbonyl (C=O) groups is 1. The van der Waals surface area contributed by atoms with Crippen molar-refractivity contribution in [2.24, 2.45) is 0 Å². The maximum atomic E-state index is 13.3. The third kappa shape index (κ3) is 2.31. The molecule has 1 amide bonds. The SMILES string of the molecule is CCn1nc2c(c1C)C(c1ccc(F)c(Cl)c1)CC(=O)N2. The van der Waals surface area contributed by atoms with Gasteiger partial charge in [0.05, 0.1) is 5.02 Å². The first kappa shape index (κ1) is 14.1. The molecule has 0 bridgehead atoms. The number of hydrogen-bond donors (Lipinski definition) is 1. The molecule has 1 atom stereocenters. The Kier molecular flexibility index (Phi) is 3.45. The molecule has 0 aliphatic carbocycles. The number of nitrogens with one attached hydrogen (secondary N) is 1. The van der Waals surface area contributed by atoms with Crippen molar-refractivity contribution in [3.8, 4) is 0 Å². The van der Waals surface area contributed by atoms with Crippen LogP contribution in [0.2, 0.25) is 5.02 Å². The van der Waals surface area contributed by atoms with E-state index in [2.05, 4.69) is 10.4 Å². The highest BCUT2D eigenvalue weighted by Crippen LogP contribution is 2.39. The van der Waals surface area contributed by atoms with Gasteiger partial charge in [0, 0.05) is 30.1 Å². The molecule has 0 radical (unpaired) electrons. The van der Waals surface area contributed by atoms with Crippen LogP contribution < -0.4 is 5.32 Å². The zero-order chi connectivity index (χ0) is 15.1. The zero-order valence-electron chi connectivity index (χ0n) is 11.8. The van der Waals surface area contributed by atoms with Gasteiger partial charge >= 0.3 is 0 Å². The quantitative estimate of drug-likeness (QED) is 0.923. The molecule has 0 saturated carbocycles. The summed E-state index contributed by atoms with van der Waals surface area (Å²) in [6, 6.07) is 4.60. The van der Waals surface area contributed by atoms with E-state index in [-0.39, 0.29) is 16.8 Å². The summed E-state index contributed by atoms with van der Waals surface area (Å²) < 4.78 is 15.2. The fourth-order valence-corrected chi connectivity index (χ4v) is 3.05. The Labute approximate surface area is 126 Å². The number of aryl methyl sites for hydroxylation is 1. The molecule has 1 aromatic heterocycles. The third-order valence-corrected chi connectivity index (χ3v) is 4.18. The van der Waals surface area contributed by atoms with Gasteiger partial charge in [0.2, 0.25) is 5.91 Å². The van der Waals surface area contributed by atoms with Gasteiger partial charge in [-0.1, -0.05) is 17.7 Å². The molecule has 1 aromatic carbocycles. The van der Waals surface area contributed by atoms with Crippen LogP contribution in [0, 0.1) is 12.7 Å². The molecular formula is C15H15ClFN3O. The van der Waals surface area contributed by atoms with Crippen molar-refractivity contribution in [1.29, 1.82) is 0 Å². The van der Waals surface area contributed by atoms with Crippen molar-refractivity contribution in [2.75, 3.05) is 5.32 Å². The number of halogens is 2. The Bertz CT molecular complexity index is 726. The molecule has 0 spiro atoms. The Morgan fingerprint density at radius 1 is 1.52 bits per heavy atom. The fourth-order valence-electron chi connectivity index (χ4n) is 2.86. The molecule has 21 heavy (non-hydrogen) atoms. The van der Waals surface area contributed by atoms with E-state index in [0.29, 0.717) is 12.2 Å². The third-order valence-electron chi connectivity index (χ3n) is 3.89. The van der Waals surface area contributed by atoms with Gasteiger partial charge in [0.25, 0.3) is 0 Å². The predicted molar refractivity (Wildman–Crippen MR) is 79.1 cm³/mol. The highest BCUT2D eigenvalue weighted by Gasteiger charge is 2.31. The number of fused-ring (bicyclic) bond motifs is 1. The summed E-state index contributed by atoms with van der Waals surface area (Å²) in [4.78, 5) is 11.9. The lowest BCUT2D eigenvalue weighted by Gasteiger charge is -2.23. The first-order chi connectivity index (χ1) is 10.0. The van der Waals surface area contributed by atoms with Crippen LogP contribution in [-0.2, 0) is 11.3 Å². The summed E-state index contributed by atoms with van der Waals surface area (Å²) in [6.07, 6.45) is 0.311. The molecular weight excluding hydrogens is 293 g/mol. The van der Waals surface area contributed by atoms with Gasteiger partial charge in [-0.25, -0.2) is 4.39 Å². The van der Waals surface area contributed by atoms with Gasteiger partial charge in [-0.15, -0.1) is 0 Å². The first-order valence-electron chi connectivity index (χ1n) is 6.83. The monoisotopic (exact) mass is 307 g/mol. The predicted octanol–water partition coefficient (Wildman–Crippen LogP) is 3.48.